The lowest BCUT2D eigenvalue weighted by molar-refractivity contribution is 0.376. The minimum Gasteiger partial charge on any atom is -0.339 e. The normalized spacial score (nSPS) is 12.1. The molecule has 3 heterocycles. The van der Waals surface area contributed by atoms with Gasteiger partial charge >= 0.3 is 0 Å². The van der Waals surface area contributed by atoms with E-state index in [9.17, 15) is 0 Å². The number of thiazole rings is 1. The van der Waals surface area contributed by atoms with Gasteiger partial charge < -0.3 is 9.84 Å². The summed E-state index contributed by atoms with van der Waals surface area (Å²) in [5.41, 5.74) is 0.960. The summed E-state index contributed by atoms with van der Waals surface area (Å²) in [4.78, 5) is 10.2. The fourth-order valence-corrected chi connectivity index (χ4v) is 4.23. The molecule has 1 N–H and O–H groups in total. The maximum absolute atomic E-state index is 5.30. The first-order valence-electron chi connectivity index (χ1n) is 6.81. The Balaban J connectivity index is 0.00000192. The highest BCUT2D eigenvalue weighted by atomic mass is 79.9. The van der Waals surface area contributed by atoms with Crippen molar-refractivity contribution in [2.24, 2.45) is 0 Å². The van der Waals surface area contributed by atoms with Gasteiger partial charge in [-0.05, 0) is 36.0 Å². The van der Waals surface area contributed by atoms with E-state index in [4.69, 9.17) is 4.52 Å². The number of halogens is 2. The fraction of sp³-hybridized carbons (Fsp3) is 0.357. The molecule has 5 nitrogen and oxygen atoms in total. The molecule has 0 spiro atoms. The predicted octanol–water partition coefficient (Wildman–Crippen LogP) is 4.18. The molecule has 3 aromatic rings. The number of nitrogens with one attached hydrogen (secondary N) is 1. The predicted molar refractivity (Wildman–Crippen MR) is 99.7 cm³/mol. The van der Waals surface area contributed by atoms with E-state index < -0.39 is 0 Å². The zero-order valence-electron chi connectivity index (χ0n) is 12.6. The lowest BCUT2D eigenvalue weighted by Crippen LogP contribution is -2.24. The number of thiophene rings is 1. The number of hydrogen-bond acceptors (Lipinski definition) is 7. The Bertz CT molecular complexity index is 757. The highest BCUT2D eigenvalue weighted by Gasteiger charge is 2.13. The SMILES string of the molecule is CNC(C)Cc1noc(Cc2csc(-c3cc(Br)cs3)n2)n1.Cl. The molecule has 124 valence electrons. The number of rotatable bonds is 6. The average Bonchev–Trinajstić information content (AvgIpc) is 3.21. The average molecular weight is 436 g/mol. The lowest BCUT2D eigenvalue weighted by atomic mass is 10.2. The summed E-state index contributed by atoms with van der Waals surface area (Å²) in [6.45, 7) is 2.09. The van der Waals surface area contributed by atoms with Crippen molar-refractivity contribution in [3.05, 3.63) is 38.7 Å². The third kappa shape index (κ3) is 4.84. The summed E-state index contributed by atoms with van der Waals surface area (Å²) >= 11 is 6.78. The number of likely N-dealkylation sites (N-methyl/N-ethyl adjacent to an activating group) is 1. The van der Waals surface area contributed by atoms with Crippen LogP contribution in [-0.2, 0) is 12.8 Å². The first-order chi connectivity index (χ1) is 10.6. The Morgan fingerprint density at radius 1 is 1.30 bits per heavy atom. The Labute approximate surface area is 157 Å². The minimum atomic E-state index is 0. The molecule has 0 fully saturated rings. The van der Waals surface area contributed by atoms with Crippen LogP contribution in [0.1, 0.15) is 24.3 Å². The molecule has 0 radical (unpaired) electrons. The smallest absolute Gasteiger partial charge is 0.232 e. The summed E-state index contributed by atoms with van der Waals surface area (Å²) in [5.74, 6) is 1.34. The third-order valence-electron chi connectivity index (χ3n) is 3.15. The van der Waals surface area contributed by atoms with Gasteiger partial charge in [0, 0.05) is 27.7 Å². The maximum Gasteiger partial charge on any atom is 0.232 e. The molecule has 0 aliphatic heterocycles. The van der Waals surface area contributed by atoms with E-state index in [1.807, 2.05) is 12.4 Å². The van der Waals surface area contributed by atoms with Crippen LogP contribution in [0.4, 0.5) is 0 Å². The van der Waals surface area contributed by atoms with Gasteiger partial charge in [0.1, 0.15) is 5.01 Å². The third-order valence-corrected chi connectivity index (χ3v) is 5.91. The van der Waals surface area contributed by atoms with Gasteiger partial charge in [-0.2, -0.15) is 4.98 Å². The molecule has 0 saturated carbocycles. The minimum absolute atomic E-state index is 0. The molecule has 3 rings (SSSR count). The zero-order chi connectivity index (χ0) is 15.5. The Kier molecular flexibility index (Phi) is 6.72. The molecule has 9 heteroatoms. The van der Waals surface area contributed by atoms with Crippen LogP contribution >= 0.6 is 51.0 Å². The van der Waals surface area contributed by atoms with Crippen molar-refractivity contribution < 1.29 is 4.52 Å². The van der Waals surface area contributed by atoms with Crippen LogP contribution in [0.5, 0.6) is 0 Å². The lowest BCUT2D eigenvalue weighted by Gasteiger charge is -2.04. The van der Waals surface area contributed by atoms with Crippen LogP contribution in [0, 0.1) is 0 Å². The van der Waals surface area contributed by atoms with Crippen molar-refractivity contribution in [2.75, 3.05) is 7.05 Å². The maximum atomic E-state index is 5.30. The highest BCUT2D eigenvalue weighted by molar-refractivity contribution is 9.10. The van der Waals surface area contributed by atoms with Crippen molar-refractivity contribution in [3.63, 3.8) is 0 Å². The van der Waals surface area contributed by atoms with Gasteiger partial charge in [-0.1, -0.05) is 5.16 Å². The Morgan fingerprint density at radius 2 is 2.13 bits per heavy atom. The molecule has 0 aliphatic rings. The molecular formula is C14H16BrClN4OS2. The quantitative estimate of drug-likeness (QED) is 0.629. The van der Waals surface area contributed by atoms with Crippen LogP contribution in [0.2, 0.25) is 0 Å². The highest BCUT2D eigenvalue weighted by Crippen LogP contribution is 2.32. The van der Waals surface area contributed by atoms with Crippen LogP contribution in [0.15, 0.2) is 25.8 Å². The van der Waals surface area contributed by atoms with Gasteiger partial charge in [0.2, 0.25) is 5.89 Å². The van der Waals surface area contributed by atoms with E-state index >= 15 is 0 Å². The molecule has 0 saturated heterocycles. The number of nitrogens with zero attached hydrogens (tertiary/aromatic N) is 3. The van der Waals surface area contributed by atoms with Crippen LogP contribution in [-0.4, -0.2) is 28.2 Å². The first kappa shape index (κ1) is 18.5. The number of hydrogen-bond donors (Lipinski definition) is 1. The van der Waals surface area contributed by atoms with E-state index in [0.717, 1.165) is 32.3 Å². The van der Waals surface area contributed by atoms with Crippen LogP contribution in [0.25, 0.3) is 9.88 Å². The second-order valence-electron chi connectivity index (χ2n) is 4.95. The molecule has 0 aromatic carbocycles. The Hall–Kier alpha value is -0.800. The van der Waals surface area contributed by atoms with Gasteiger partial charge in [-0.25, -0.2) is 4.98 Å². The summed E-state index contributed by atoms with van der Waals surface area (Å²) in [7, 11) is 1.92. The second-order valence-corrected chi connectivity index (χ2v) is 7.63. The van der Waals surface area contributed by atoms with Gasteiger partial charge in [0.05, 0.1) is 17.0 Å². The van der Waals surface area contributed by atoms with Gasteiger partial charge in [-0.15, -0.1) is 35.1 Å². The first-order valence-corrected chi connectivity index (χ1v) is 9.37. The van der Waals surface area contributed by atoms with Gasteiger partial charge in [0.15, 0.2) is 5.82 Å². The molecule has 0 aliphatic carbocycles. The van der Waals surface area contributed by atoms with Crippen molar-refractivity contribution in [1.29, 1.82) is 0 Å². The molecule has 1 atom stereocenters. The topological polar surface area (TPSA) is 63.8 Å². The summed E-state index contributed by atoms with van der Waals surface area (Å²) < 4.78 is 6.39. The molecule has 23 heavy (non-hydrogen) atoms. The summed E-state index contributed by atoms with van der Waals surface area (Å²) in [5, 5.41) is 12.3. The monoisotopic (exact) mass is 434 g/mol. The fourth-order valence-electron chi connectivity index (χ4n) is 1.90. The standard InChI is InChI=1S/C14H15BrN4OS2.ClH/c1-8(16-2)3-12-18-13(20-19-12)5-10-7-22-14(17-10)11-4-9(15)6-21-11;/h4,6-8,16H,3,5H2,1-2H3;1H. The van der Waals surface area contributed by atoms with E-state index in [2.05, 4.69) is 54.7 Å². The Morgan fingerprint density at radius 3 is 2.83 bits per heavy atom. The van der Waals surface area contributed by atoms with Crippen molar-refractivity contribution >= 4 is 51.0 Å². The van der Waals surface area contributed by atoms with Crippen LogP contribution < -0.4 is 5.32 Å². The van der Waals surface area contributed by atoms with Crippen molar-refractivity contribution in [1.82, 2.24) is 20.4 Å². The number of aromatic nitrogens is 3. The van der Waals surface area contributed by atoms with Crippen molar-refractivity contribution in [2.45, 2.75) is 25.8 Å². The molecule has 0 bridgehead atoms. The van der Waals surface area contributed by atoms with Crippen LogP contribution in [0.3, 0.4) is 0 Å². The molecule has 0 amide bonds. The zero-order valence-corrected chi connectivity index (χ0v) is 16.6. The molecular weight excluding hydrogens is 420 g/mol. The van der Waals surface area contributed by atoms with E-state index in [1.165, 1.54) is 0 Å². The van der Waals surface area contributed by atoms with Gasteiger partial charge in [-0.3, -0.25) is 0 Å². The summed E-state index contributed by atoms with van der Waals surface area (Å²) in [6, 6.07) is 2.41. The van der Waals surface area contributed by atoms with Crippen molar-refractivity contribution in [3.8, 4) is 9.88 Å². The second kappa shape index (κ2) is 8.34. The molecule has 1 unspecified atom stereocenters. The largest absolute Gasteiger partial charge is 0.339 e. The van der Waals surface area contributed by atoms with E-state index in [1.54, 1.807) is 22.7 Å². The molecule has 3 aromatic heterocycles. The summed E-state index contributed by atoms with van der Waals surface area (Å²) in [6.07, 6.45) is 1.33. The van der Waals surface area contributed by atoms with E-state index in [0.29, 0.717) is 18.4 Å². The van der Waals surface area contributed by atoms with E-state index in [-0.39, 0.29) is 12.4 Å². The van der Waals surface area contributed by atoms with Gasteiger partial charge in [0.25, 0.3) is 0 Å².